The summed E-state index contributed by atoms with van der Waals surface area (Å²) in [5, 5.41) is 2.72. The van der Waals surface area contributed by atoms with E-state index in [1.54, 1.807) is 24.3 Å². The van der Waals surface area contributed by atoms with E-state index in [0.717, 1.165) is 6.42 Å². The van der Waals surface area contributed by atoms with Gasteiger partial charge in [-0.1, -0.05) is 19.1 Å². The topological polar surface area (TPSA) is 64.6 Å². The van der Waals surface area contributed by atoms with Crippen LogP contribution in [0.4, 0.5) is 0 Å². The lowest BCUT2D eigenvalue weighted by Crippen LogP contribution is -2.35. The Morgan fingerprint density at radius 2 is 2.00 bits per heavy atom. The van der Waals surface area contributed by atoms with Crippen LogP contribution in [-0.4, -0.2) is 31.6 Å². The molecule has 1 rings (SSSR count). The summed E-state index contributed by atoms with van der Waals surface area (Å²) in [6.07, 6.45) is 0.826. The summed E-state index contributed by atoms with van der Waals surface area (Å²) >= 11 is 0. The van der Waals surface area contributed by atoms with Crippen LogP contribution in [0.2, 0.25) is 0 Å². The Morgan fingerprint density at radius 1 is 1.32 bits per heavy atom. The number of carbonyl (C=O) groups is 2. The lowest BCUT2D eigenvalue weighted by atomic mass is 10.2. The van der Waals surface area contributed by atoms with Crippen molar-refractivity contribution in [3.05, 3.63) is 29.8 Å². The van der Waals surface area contributed by atoms with Crippen LogP contribution in [0.1, 0.15) is 30.6 Å². The summed E-state index contributed by atoms with van der Waals surface area (Å²) in [4.78, 5) is 23.3. The third kappa shape index (κ3) is 4.62. The zero-order chi connectivity index (χ0) is 14.3. The van der Waals surface area contributed by atoms with Gasteiger partial charge >= 0.3 is 5.97 Å². The third-order valence-electron chi connectivity index (χ3n) is 2.68. The van der Waals surface area contributed by atoms with Gasteiger partial charge in [-0.2, -0.15) is 0 Å². The summed E-state index contributed by atoms with van der Waals surface area (Å²) in [6, 6.07) is 6.78. The summed E-state index contributed by atoms with van der Waals surface area (Å²) in [6.45, 7) is 3.56. The van der Waals surface area contributed by atoms with Gasteiger partial charge in [-0.05, 0) is 25.5 Å². The highest BCUT2D eigenvalue weighted by atomic mass is 16.5. The number of ether oxygens (including phenoxy) is 2. The average molecular weight is 265 g/mol. The Morgan fingerprint density at radius 3 is 2.63 bits per heavy atom. The first-order valence-corrected chi connectivity index (χ1v) is 6.18. The average Bonchev–Trinajstić information content (AvgIpc) is 2.44. The van der Waals surface area contributed by atoms with Gasteiger partial charge in [0.05, 0.1) is 7.11 Å². The minimum atomic E-state index is -0.572. The van der Waals surface area contributed by atoms with Gasteiger partial charge in [-0.3, -0.25) is 4.79 Å². The minimum Gasteiger partial charge on any atom is -0.496 e. The molecule has 104 valence electrons. The lowest BCUT2D eigenvalue weighted by Gasteiger charge is -2.12. The molecule has 0 aliphatic heterocycles. The fourth-order valence-electron chi connectivity index (χ4n) is 1.44. The normalized spacial score (nSPS) is 11.5. The molecule has 1 N–H and O–H groups in total. The number of hydrogen-bond acceptors (Lipinski definition) is 4. The molecule has 0 saturated heterocycles. The van der Waals surface area contributed by atoms with Crippen molar-refractivity contribution in [2.75, 3.05) is 13.7 Å². The fourth-order valence-corrected chi connectivity index (χ4v) is 1.44. The Hall–Kier alpha value is -2.04. The summed E-state index contributed by atoms with van der Waals surface area (Å²) in [7, 11) is 1.47. The molecule has 5 heteroatoms. The zero-order valence-electron chi connectivity index (χ0n) is 11.4. The molecule has 1 amide bonds. The summed E-state index contributed by atoms with van der Waals surface area (Å²) < 4.78 is 10.0. The second kappa shape index (κ2) is 7.41. The third-order valence-corrected chi connectivity index (χ3v) is 2.68. The van der Waals surface area contributed by atoms with Crippen molar-refractivity contribution in [3.63, 3.8) is 0 Å². The minimum absolute atomic E-state index is 0.0671. The first kappa shape index (κ1) is 15.0. The van der Waals surface area contributed by atoms with Gasteiger partial charge in [0.15, 0.2) is 6.61 Å². The van der Waals surface area contributed by atoms with Gasteiger partial charge in [0.1, 0.15) is 11.3 Å². The van der Waals surface area contributed by atoms with Crippen LogP contribution < -0.4 is 10.1 Å². The second-order valence-corrected chi connectivity index (χ2v) is 4.15. The Kier molecular flexibility index (Phi) is 5.85. The van der Waals surface area contributed by atoms with E-state index in [9.17, 15) is 9.59 Å². The first-order valence-electron chi connectivity index (χ1n) is 6.18. The highest BCUT2D eigenvalue weighted by Gasteiger charge is 2.15. The standard InChI is InChI=1S/C14H19NO4/c1-4-10(2)15-13(16)9-19-14(17)11-7-5-6-8-12(11)18-3/h5-8,10H,4,9H2,1-3H3,(H,15,16)/t10-/m1/s1. The van der Waals surface area contributed by atoms with E-state index in [1.807, 2.05) is 13.8 Å². The van der Waals surface area contributed by atoms with Crippen LogP contribution in [-0.2, 0) is 9.53 Å². The van der Waals surface area contributed by atoms with Gasteiger partial charge in [0.25, 0.3) is 5.91 Å². The number of hydrogen-bond donors (Lipinski definition) is 1. The SMILES string of the molecule is CC[C@@H](C)NC(=O)COC(=O)c1ccccc1OC. The maximum atomic E-state index is 11.8. The van der Waals surface area contributed by atoms with Crippen LogP contribution >= 0.6 is 0 Å². The van der Waals surface area contributed by atoms with Crippen molar-refractivity contribution in [1.29, 1.82) is 0 Å². The molecule has 0 spiro atoms. The Labute approximate surface area is 112 Å². The van der Waals surface area contributed by atoms with Crippen molar-refractivity contribution >= 4 is 11.9 Å². The van der Waals surface area contributed by atoms with Crippen molar-refractivity contribution in [2.45, 2.75) is 26.3 Å². The van der Waals surface area contributed by atoms with Crippen molar-refractivity contribution in [3.8, 4) is 5.75 Å². The van der Waals surface area contributed by atoms with E-state index >= 15 is 0 Å². The van der Waals surface area contributed by atoms with Crippen molar-refractivity contribution < 1.29 is 19.1 Å². The van der Waals surface area contributed by atoms with Crippen LogP contribution in [0, 0.1) is 0 Å². The molecule has 0 saturated carbocycles. The summed E-state index contributed by atoms with van der Waals surface area (Å²) in [5.41, 5.74) is 0.307. The lowest BCUT2D eigenvalue weighted by molar-refractivity contribution is -0.124. The highest BCUT2D eigenvalue weighted by molar-refractivity contribution is 5.93. The molecule has 1 aromatic carbocycles. The number of methoxy groups -OCH3 is 1. The van der Waals surface area contributed by atoms with E-state index in [-0.39, 0.29) is 18.6 Å². The molecule has 0 bridgehead atoms. The predicted octanol–water partition coefficient (Wildman–Crippen LogP) is 1.77. The number of esters is 1. The largest absolute Gasteiger partial charge is 0.496 e. The Balaban J connectivity index is 2.54. The number of benzene rings is 1. The molecule has 5 nitrogen and oxygen atoms in total. The molecule has 1 aromatic rings. The molecule has 0 aliphatic rings. The van der Waals surface area contributed by atoms with Crippen molar-refractivity contribution in [2.24, 2.45) is 0 Å². The van der Waals surface area contributed by atoms with Gasteiger partial charge in [0, 0.05) is 6.04 Å². The van der Waals surface area contributed by atoms with E-state index in [2.05, 4.69) is 5.32 Å². The molecular formula is C14H19NO4. The van der Waals surface area contributed by atoms with Gasteiger partial charge < -0.3 is 14.8 Å². The maximum absolute atomic E-state index is 11.8. The fraction of sp³-hybridized carbons (Fsp3) is 0.429. The van der Waals surface area contributed by atoms with Gasteiger partial charge in [-0.15, -0.1) is 0 Å². The second-order valence-electron chi connectivity index (χ2n) is 4.15. The van der Waals surface area contributed by atoms with Crippen LogP contribution in [0.15, 0.2) is 24.3 Å². The molecular weight excluding hydrogens is 246 g/mol. The van der Waals surface area contributed by atoms with Gasteiger partial charge in [0.2, 0.25) is 0 Å². The molecule has 0 radical (unpaired) electrons. The van der Waals surface area contributed by atoms with Crippen LogP contribution in [0.3, 0.4) is 0 Å². The molecule has 0 aromatic heterocycles. The van der Waals surface area contributed by atoms with E-state index in [0.29, 0.717) is 11.3 Å². The molecule has 0 fully saturated rings. The number of rotatable bonds is 6. The molecule has 0 heterocycles. The van der Waals surface area contributed by atoms with Gasteiger partial charge in [-0.25, -0.2) is 4.79 Å². The zero-order valence-corrected chi connectivity index (χ0v) is 11.4. The highest BCUT2D eigenvalue weighted by Crippen LogP contribution is 2.17. The number of amides is 1. The number of nitrogens with one attached hydrogen (secondary N) is 1. The predicted molar refractivity (Wildman–Crippen MR) is 71.2 cm³/mol. The molecule has 1 atom stereocenters. The summed E-state index contributed by atoms with van der Waals surface area (Å²) in [5.74, 6) is -0.454. The van der Waals surface area contributed by atoms with E-state index < -0.39 is 5.97 Å². The van der Waals surface area contributed by atoms with Crippen LogP contribution in [0.5, 0.6) is 5.75 Å². The number of para-hydroxylation sites is 1. The monoisotopic (exact) mass is 265 g/mol. The molecule has 19 heavy (non-hydrogen) atoms. The smallest absolute Gasteiger partial charge is 0.342 e. The van der Waals surface area contributed by atoms with E-state index in [1.165, 1.54) is 7.11 Å². The molecule has 0 unspecified atom stereocenters. The number of carbonyl (C=O) groups excluding carboxylic acids is 2. The maximum Gasteiger partial charge on any atom is 0.342 e. The van der Waals surface area contributed by atoms with E-state index in [4.69, 9.17) is 9.47 Å². The van der Waals surface area contributed by atoms with Crippen molar-refractivity contribution in [1.82, 2.24) is 5.32 Å². The quantitative estimate of drug-likeness (QED) is 0.796. The van der Waals surface area contributed by atoms with Crippen LogP contribution in [0.25, 0.3) is 0 Å². The Bertz CT molecular complexity index is 445. The first-order chi connectivity index (χ1) is 9.08. The molecule has 0 aliphatic carbocycles.